The summed E-state index contributed by atoms with van der Waals surface area (Å²) in [6.45, 7) is 14.0. The average molecular weight is 1810 g/mol. The van der Waals surface area contributed by atoms with Gasteiger partial charge in [-0.25, -0.2) is 0 Å². The Balaban J connectivity index is 0.000000199. The summed E-state index contributed by atoms with van der Waals surface area (Å²) in [7, 11) is 3.28. The van der Waals surface area contributed by atoms with Crippen LogP contribution in [0.3, 0.4) is 0 Å². The van der Waals surface area contributed by atoms with Gasteiger partial charge in [-0.05, 0) is 76.2 Å². The molecule has 0 bridgehead atoms. The van der Waals surface area contributed by atoms with Gasteiger partial charge in [-0.2, -0.15) is 20.4 Å². The normalized spacial score (nSPS) is 10.1. The van der Waals surface area contributed by atoms with E-state index in [9.17, 15) is 0 Å². The number of nitrogens with zero attached hydrogens (tertiary/aromatic N) is 12. The number of rotatable bonds is 10. The second-order valence-electron chi connectivity index (χ2n) is 18.3. The van der Waals surface area contributed by atoms with E-state index in [4.69, 9.17) is 9.47 Å². The third-order valence-electron chi connectivity index (χ3n) is 12.5. The molecule has 8 aromatic carbocycles. The Bertz CT molecular complexity index is 3890. The van der Waals surface area contributed by atoms with Gasteiger partial charge >= 0.3 is 0 Å². The molecule has 0 unspecified atom stereocenters. The first-order valence-corrected chi connectivity index (χ1v) is 25.5. The number of benzene rings is 8. The molecule has 0 atom stereocenters. The van der Waals surface area contributed by atoms with Crippen LogP contribution in [0, 0.1) is 72.7 Å². The van der Waals surface area contributed by atoms with Gasteiger partial charge in [0.1, 0.15) is 23.3 Å². The quantitative estimate of drug-likeness (QED) is 0.122. The molecular weight excluding hydrogens is 1750 g/mol. The Morgan fingerprint density at radius 2 is 0.687 bits per heavy atom. The van der Waals surface area contributed by atoms with Gasteiger partial charge in [0.2, 0.25) is 0 Å². The number of methoxy groups -OCH3 is 2. The molecule has 83 heavy (non-hydrogen) atoms. The van der Waals surface area contributed by atoms with E-state index in [1.807, 2.05) is 188 Å². The first kappa shape index (κ1) is 66.3. The van der Waals surface area contributed by atoms with Gasteiger partial charge < -0.3 is 27.7 Å². The van der Waals surface area contributed by atoms with Crippen molar-refractivity contribution in [1.82, 2.24) is 59.1 Å². The van der Waals surface area contributed by atoms with Crippen LogP contribution in [-0.2, 0) is 80.4 Å². The third-order valence-corrected chi connectivity index (χ3v) is 12.5. The van der Waals surface area contributed by atoms with Crippen LogP contribution in [0.2, 0.25) is 0 Å². The fraction of sp³-hybridized carbons (Fsp3) is 0.138. The van der Waals surface area contributed by atoms with Crippen LogP contribution < -0.4 is 9.47 Å². The maximum atomic E-state index is 5.25. The zero-order valence-corrected chi connectivity index (χ0v) is 56.5. The molecule has 0 saturated heterocycles. The number of aryl methyl sites for hydroxylation is 7. The van der Waals surface area contributed by atoms with E-state index in [1.54, 1.807) is 20.3 Å². The molecule has 14 nitrogen and oxygen atoms in total. The van der Waals surface area contributed by atoms with Gasteiger partial charge in [0.15, 0.2) is 0 Å². The van der Waals surface area contributed by atoms with Crippen LogP contribution in [0.5, 0.6) is 11.5 Å². The number of para-hydroxylation sites is 4. The number of hydrogen-bond donors (Lipinski definition) is 0. The van der Waals surface area contributed by atoms with Crippen molar-refractivity contribution in [1.29, 1.82) is 0 Å². The first-order chi connectivity index (χ1) is 38.5. The van der Waals surface area contributed by atoms with Gasteiger partial charge in [0.25, 0.3) is 0 Å². The van der Waals surface area contributed by atoms with E-state index in [-0.39, 0.29) is 80.4 Å². The van der Waals surface area contributed by atoms with Crippen LogP contribution in [0.15, 0.2) is 188 Å². The van der Waals surface area contributed by atoms with Crippen LogP contribution in [0.25, 0.3) is 68.3 Å². The summed E-state index contributed by atoms with van der Waals surface area (Å²) in [5.41, 5.74) is 11.4. The van der Waals surface area contributed by atoms with Crippen molar-refractivity contribution in [3.8, 4) is 79.8 Å². The summed E-state index contributed by atoms with van der Waals surface area (Å²) >= 11 is 0. The predicted molar refractivity (Wildman–Crippen MR) is 309 cm³/mol. The van der Waals surface area contributed by atoms with Crippen molar-refractivity contribution >= 4 is 0 Å². The van der Waals surface area contributed by atoms with E-state index in [0.717, 1.165) is 109 Å². The molecule has 12 aromatic rings. The summed E-state index contributed by atoms with van der Waals surface area (Å²) < 4.78 is 18.5. The maximum Gasteiger partial charge on any atom is 0.125 e. The summed E-state index contributed by atoms with van der Waals surface area (Å²) in [6, 6.07) is 74.8. The Morgan fingerprint density at radius 3 is 1.05 bits per heavy atom. The van der Waals surface area contributed by atoms with E-state index >= 15 is 0 Å². The number of hydrogen-bond acceptors (Lipinski definition) is 10. The molecule has 0 aliphatic carbocycles. The van der Waals surface area contributed by atoms with Crippen molar-refractivity contribution < 1.29 is 89.9 Å². The van der Waals surface area contributed by atoms with Crippen molar-refractivity contribution in [2.75, 3.05) is 14.2 Å². The summed E-state index contributed by atoms with van der Waals surface area (Å²) in [6.07, 6.45) is 0. The SMILES string of the molecule is COc1c[c-]c(-c2nnc(C)n2-c2ccccc2)cc1.COc1cc[c-]c(-c2nnc(C)n2-c2ccccc2)c1.Cc1[c-]c(-c2nnc(C)n2-c2ccccc2)cc(C)c1.Cc1cc[c-]c(-c2nnc(C)n2-c2ccccc2)c1.[Ir].[Ir].[Ir].[Ir]. The molecular formula is C65H58Ir4N12O2-4. The van der Waals surface area contributed by atoms with Crippen LogP contribution >= 0.6 is 0 Å². The van der Waals surface area contributed by atoms with Crippen LogP contribution in [0.4, 0.5) is 0 Å². The molecule has 0 aliphatic heterocycles. The molecule has 4 radical (unpaired) electrons. The van der Waals surface area contributed by atoms with E-state index in [1.165, 1.54) is 11.1 Å². The smallest absolute Gasteiger partial charge is 0.125 e. The first-order valence-electron chi connectivity index (χ1n) is 25.5. The molecule has 430 valence electrons. The minimum atomic E-state index is 0. The van der Waals surface area contributed by atoms with Crippen molar-refractivity contribution in [2.45, 2.75) is 48.5 Å². The molecule has 0 amide bonds. The average Bonchev–Trinajstić information content (AvgIpc) is 4.32. The Labute approximate surface area is 539 Å². The fourth-order valence-electron chi connectivity index (χ4n) is 8.80. The van der Waals surface area contributed by atoms with Crippen LogP contribution in [0.1, 0.15) is 40.0 Å². The van der Waals surface area contributed by atoms with Crippen molar-refractivity contribution in [3.05, 3.63) is 252 Å². The number of ether oxygens (including phenoxy) is 2. The molecule has 0 fully saturated rings. The van der Waals surface area contributed by atoms with Gasteiger partial charge in [0.05, 0.1) is 37.5 Å². The van der Waals surface area contributed by atoms with Gasteiger partial charge in [-0.3, -0.25) is 0 Å². The predicted octanol–water partition coefficient (Wildman–Crippen LogP) is 13.1. The van der Waals surface area contributed by atoms with E-state index in [2.05, 4.69) is 126 Å². The van der Waals surface area contributed by atoms with Gasteiger partial charge in [0, 0.05) is 115 Å². The molecule has 4 aromatic heterocycles. The maximum absolute atomic E-state index is 5.25. The second-order valence-corrected chi connectivity index (χ2v) is 18.3. The minimum Gasteiger partial charge on any atom is -0.540 e. The number of aromatic nitrogens is 12. The van der Waals surface area contributed by atoms with Gasteiger partial charge in [-0.1, -0.05) is 99.6 Å². The van der Waals surface area contributed by atoms with Crippen molar-refractivity contribution in [2.24, 2.45) is 0 Å². The zero-order valence-electron chi connectivity index (χ0n) is 46.9. The second kappa shape index (κ2) is 31.8. The van der Waals surface area contributed by atoms with Crippen LogP contribution in [-0.4, -0.2) is 73.3 Å². The largest absolute Gasteiger partial charge is 0.540 e. The molecule has 0 spiro atoms. The standard InChI is InChI=1S/C17H16N3.2C16H14N3O.C16H14N3.4Ir/c1-12-9-13(2)11-15(10-12)17-19-18-14(3)20(17)16-7-5-4-6-8-16;1-12-17-18-16(13-7-6-10-15(11-13)20-2)19(12)14-8-4-3-5-9-14;1-12-17-18-16(13-8-10-15(20-2)11-9-13)19(12)14-6-4-3-5-7-14;1-12-7-6-8-14(11-12)16-18-17-13(2)19(16)15-9-4-3-5-10-15;;;;/h4-10H,1-3H3;3-6,8-11H,1-2H3;3-8,10-11H,1-2H3;3-7,9-11H,1-2H3;;;;/q4*-1;;;;. The molecule has 12 rings (SSSR count). The fourth-order valence-corrected chi connectivity index (χ4v) is 8.80. The molecule has 0 N–H and O–H groups in total. The van der Waals surface area contributed by atoms with Crippen molar-refractivity contribution in [3.63, 3.8) is 0 Å². The Kier molecular flexibility index (Phi) is 25.4. The van der Waals surface area contributed by atoms with E-state index < -0.39 is 0 Å². The molecule has 0 aliphatic rings. The van der Waals surface area contributed by atoms with E-state index in [0.29, 0.717) is 0 Å². The minimum absolute atomic E-state index is 0. The molecule has 18 heteroatoms. The topological polar surface area (TPSA) is 141 Å². The monoisotopic (exact) mass is 1810 g/mol. The molecule has 4 heterocycles. The third kappa shape index (κ3) is 16.4. The zero-order chi connectivity index (χ0) is 55.3. The molecule has 0 saturated carbocycles. The Hall–Kier alpha value is -7.48. The summed E-state index contributed by atoms with van der Waals surface area (Å²) in [5, 5.41) is 33.9. The summed E-state index contributed by atoms with van der Waals surface area (Å²) in [5.74, 6) is 8.17. The van der Waals surface area contributed by atoms with Gasteiger partial charge in [-0.15, -0.1) is 144 Å². The Morgan fingerprint density at radius 1 is 0.325 bits per heavy atom. The summed E-state index contributed by atoms with van der Waals surface area (Å²) in [4.78, 5) is 0.